The highest BCUT2D eigenvalue weighted by molar-refractivity contribution is 5.79. The minimum absolute atomic E-state index is 0.120. The van der Waals surface area contributed by atoms with Gasteiger partial charge < -0.3 is 15.2 Å². The number of hydrogen-bond acceptors (Lipinski definition) is 4. The summed E-state index contributed by atoms with van der Waals surface area (Å²) in [6.45, 7) is 3.95. The third-order valence-electron chi connectivity index (χ3n) is 4.70. The summed E-state index contributed by atoms with van der Waals surface area (Å²) in [7, 11) is 0. The molecule has 1 atom stereocenters. The molecule has 0 saturated heterocycles. The fraction of sp³-hybridized carbons (Fsp3) is 0.273. The Hall–Kier alpha value is -3.48. The van der Waals surface area contributed by atoms with Crippen LogP contribution in [0.3, 0.4) is 0 Å². The molecule has 0 aliphatic rings. The van der Waals surface area contributed by atoms with E-state index in [0.29, 0.717) is 23.3 Å². The first-order valence-electron chi connectivity index (χ1n) is 9.55. The lowest BCUT2D eigenvalue weighted by Crippen LogP contribution is -2.36. The summed E-state index contributed by atoms with van der Waals surface area (Å²) in [6.07, 6.45) is 0.120. The Morgan fingerprint density at radius 1 is 1.10 bits per heavy atom. The first kappa shape index (κ1) is 20.3. The van der Waals surface area contributed by atoms with E-state index in [4.69, 9.17) is 0 Å². The van der Waals surface area contributed by atoms with Crippen molar-refractivity contribution < 1.29 is 9.59 Å². The molecule has 1 unspecified atom stereocenters. The van der Waals surface area contributed by atoms with E-state index in [1.165, 1.54) is 6.92 Å². The molecule has 1 heterocycles. The Bertz CT molecular complexity index is 1060. The molecule has 2 aromatic carbocycles. The van der Waals surface area contributed by atoms with Crippen molar-refractivity contribution >= 4 is 22.7 Å². The molecule has 1 aromatic heterocycles. The normalized spacial score (nSPS) is 11.8. The maximum absolute atomic E-state index is 12.9. The highest BCUT2D eigenvalue weighted by atomic mass is 16.2. The number of nitrogens with zero attached hydrogens (tertiary/aromatic N) is 2. The number of carbonyl (C=O) groups is 2. The molecule has 0 aliphatic heterocycles. The zero-order valence-electron chi connectivity index (χ0n) is 16.5. The number of fused-ring (bicyclic) bond motifs is 1. The van der Waals surface area contributed by atoms with Crippen LogP contribution in [0.5, 0.6) is 0 Å². The number of H-pyrrole nitrogens is 1. The summed E-state index contributed by atoms with van der Waals surface area (Å²) in [6, 6.07) is 16.1. The van der Waals surface area contributed by atoms with Gasteiger partial charge >= 0.3 is 0 Å². The topological polar surface area (TPSA) is 95.2 Å². The zero-order chi connectivity index (χ0) is 20.8. The van der Waals surface area contributed by atoms with Crippen LogP contribution in [0.25, 0.3) is 10.9 Å². The molecular formula is C22H24N4O3. The van der Waals surface area contributed by atoms with Crippen molar-refractivity contribution in [2.24, 2.45) is 0 Å². The Kier molecular flexibility index (Phi) is 6.39. The van der Waals surface area contributed by atoms with Crippen LogP contribution in [0.2, 0.25) is 0 Å². The Morgan fingerprint density at radius 2 is 1.79 bits per heavy atom. The second kappa shape index (κ2) is 9.14. The summed E-state index contributed by atoms with van der Waals surface area (Å²) in [4.78, 5) is 45.7. The predicted molar refractivity (Wildman–Crippen MR) is 111 cm³/mol. The highest BCUT2D eigenvalue weighted by Crippen LogP contribution is 2.18. The fourth-order valence-corrected chi connectivity index (χ4v) is 3.25. The van der Waals surface area contributed by atoms with Crippen molar-refractivity contribution in [3.8, 4) is 0 Å². The van der Waals surface area contributed by atoms with Crippen molar-refractivity contribution in [2.45, 2.75) is 32.9 Å². The van der Waals surface area contributed by atoms with E-state index >= 15 is 0 Å². The smallest absolute Gasteiger partial charge is 0.258 e. The maximum atomic E-state index is 12.9. The van der Waals surface area contributed by atoms with Crippen LogP contribution in [-0.2, 0) is 16.1 Å². The van der Waals surface area contributed by atoms with E-state index in [9.17, 15) is 14.4 Å². The number of amides is 2. The van der Waals surface area contributed by atoms with Crippen LogP contribution in [0, 0.1) is 0 Å². The molecule has 2 amide bonds. The number of rotatable bonds is 7. The van der Waals surface area contributed by atoms with E-state index in [1.807, 2.05) is 43.3 Å². The fourth-order valence-electron chi connectivity index (χ4n) is 3.25. The van der Waals surface area contributed by atoms with Gasteiger partial charge in [-0.1, -0.05) is 42.5 Å². The molecule has 0 radical (unpaired) electrons. The highest BCUT2D eigenvalue weighted by Gasteiger charge is 2.21. The first-order valence-corrected chi connectivity index (χ1v) is 9.55. The summed E-state index contributed by atoms with van der Waals surface area (Å²) in [5.41, 5.74) is 1.23. The number of hydrogen-bond donors (Lipinski definition) is 2. The minimum atomic E-state index is -0.418. The molecule has 150 valence electrons. The lowest BCUT2D eigenvalue weighted by atomic mass is 10.0. The van der Waals surface area contributed by atoms with Gasteiger partial charge in [-0.3, -0.25) is 14.4 Å². The average Bonchev–Trinajstić information content (AvgIpc) is 2.72. The van der Waals surface area contributed by atoms with Crippen LogP contribution in [-0.4, -0.2) is 33.2 Å². The number of benzene rings is 2. The Labute approximate surface area is 168 Å². The van der Waals surface area contributed by atoms with Crippen molar-refractivity contribution in [1.82, 2.24) is 20.2 Å². The molecule has 7 heteroatoms. The van der Waals surface area contributed by atoms with Gasteiger partial charge in [0.05, 0.1) is 29.9 Å². The molecule has 7 nitrogen and oxygen atoms in total. The number of nitrogens with one attached hydrogen (secondary N) is 2. The lowest BCUT2D eigenvalue weighted by molar-refractivity contribution is -0.132. The molecular weight excluding hydrogens is 368 g/mol. The largest absolute Gasteiger partial charge is 0.349 e. The van der Waals surface area contributed by atoms with E-state index in [-0.39, 0.29) is 30.3 Å². The second-order valence-corrected chi connectivity index (χ2v) is 6.81. The molecule has 0 fully saturated rings. The summed E-state index contributed by atoms with van der Waals surface area (Å²) >= 11 is 0. The molecule has 2 N–H and O–H groups in total. The molecule has 29 heavy (non-hydrogen) atoms. The predicted octanol–water partition coefficient (Wildman–Crippen LogP) is 2.54. The summed E-state index contributed by atoms with van der Waals surface area (Å²) < 4.78 is 0. The van der Waals surface area contributed by atoms with Gasteiger partial charge in [0.2, 0.25) is 11.8 Å². The number of aromatic amines is 1. The average molecular weight is 392 g/mol. The van der Waals surface area contributed by atoms with E-state index in [0.717, 1.165) is 5.56 Å². The van der Waals surface area contributed by atoms with E-state index < -0.39 is 6.04 Å². The minimum Gasteiger partial charge on any atom is -0.349 e. The number of aromatic nitrogens is 2. The third-order valence-corrected chi connectivity index (χ3v) is 4.70. The van der Waals surface area contributed by atoms with Gasteiger partial charge in [0.25, 0.3) is 5.56 Å². The molecule has 0 bridgehead atoms. The standard InChI is InChI=1S/C22H24N4O3/c1-3-26(14-20-24-18-12-8-7-11-17(18)22(29)25-20)21(28)13-19(23-15(2)27)16-9-5-4-6-10-16/h4-12,19H,3,13-14H2,1-2H3,(H,23,27)(H,24,25,29). The second-order valence-electron chi connectivity index (χ2n) is 6.81. The Balaban J connectivity index is 1.79. The van der Waals surface area contributed by atoms with Crippen LogP contribution >= 0.6 is 0 Å². The molecule has 0 spiro atoms. The van der Waals surface area contributed by atoms with Crippen LogP contribution in [0.4, 0.5) is 0 Å². The van der Waals surface area contributed by atoms with Crippen LogP contribution in [0.1, 0.15) is 37.7 Å². The van der Waals surface area contributed by atoms with Gasteiger partial charge in [-0.15, -0.1) is 0 Å². The monoisotopic (exact) mass is 392 g/mol. The molecule has 0 saturated carbocycles. The van der Waals surface area contributed by atoms with Gasteiger partial charge in [-0.2, -0.15) is 0 Å². The van der Waals surface area contributed by atoms with Crippen LogP contribution < -0.4 is 10.9 Å². The molecule has 0 aliphatic carbocycles. The van der Waals surface area contributed by atoms with Crippen LogP contribution in [0.15, 0.2) is 59.4 Å². The van der Waals surface area contributed by atoms with E-state index in [1.54, 1.807) is 23.1 Å². The lowest BCUT2D eigenvalue weighted by Gasteiger charge is -2.24. The maximum Gasteiger partial charge on any atom is 0.258 e. The van der Waals surface area contributed by atoms with Crippen molar-refractivity contribution in [2.75, 3.05) is 6.54 Å². The molecule has 3 aromatic rings. The van der Waals surface area contributed by atoms with Crippen molar-refractivity contribution in [1.29, 1.82) is 0 Å². The van der Waals surface area contributed by atoms with Gasteiger partial charge in [0, 0.05) is 13.5 Å². The van der Waals surface area contributed by atoms with Gasteiger partial charge in [-0.25, -0.2) is 4.98 Å². The summed E-state index contributed by atoms with van der Waals surface area (Å²) in [5.74, 6) is 0.0980. The first-order chi connectivity index (χ1) is 14.0. The number of para-hydroxylation sites is 1. The van der Waals surface area contributed by atoms with E-state index in [2.05, 4.69) is 15.3 Å². The van der Waals surface area contributed by atoms with Gasteiger partial charge in [-0.05, 0) is 24.6 Å². The zero-order valence-corrected chi connectivity index (χ0v) is 16.5. The quantitative estimate of drug-likeness (QED) is 0.646. The third kappa shape index (κ3) is 5.07. The van der Waals surface area contributed by atoms with Crippen molar-refractivity contribution in [3.05, 3.63) is 76.3 Å². The summed E-state index contributed by atoms with van der Waals surface area (Å²) in [5, 5.41) is 3.36. The Morgan fingerprint density at radius 3 is 2.48 bits per heavy atom. The van der Waals surface area contributed by atoms with Gasteiger partial charge in [0.15, 0.2) is 0 Å². The number of carbonyl (C=O) groups excluding carboxylic acids is 2. The molecule has 3 rings (SSSR count). The van der Waals surface area contributed by atoms with Gasteiger partial charge in [0.1, 0.15) is 5.82 Å². The SMILES string of the molecule is CCN(Cc1nc2ccccc2c(=O)[nH]1)C(=O)CC(NC(C)=O)c1ccccc1. The van der Waals surface area contributed by atoms with Crippen molar-refractivity contribution in [3.63, 3.8) is 0 Å².